The zero-order valence-corrected chi connectivity index (χ0v) is 13.5. The van der Waals surface area contributed by atoms with Crippen LogP contribution < -0.4 is 0 Å². The van der Waals surface area contributed by atoms with Crippen molar-refractivity contribution in [1.82, 2.24) is 14.2 Å². The van der Waals surface area contributed by atoms with Gasteiger partial charge in [-0.15, -0.1) is 0 Å². The molecule has 0 saturated carbocycles. The van der Waals surface area contributed by atoms with Crippen LogP contribution in [0.2, 0.25) is 0 Å². The molecule has 0 radical (unpaired) electrons. The minimum atomic E-state index is -3.19. The normalized spacial score (nSPS) is 28.1. The molecule has 2 saturated heterocycles. The number of hydrogen-bond donors (Lipinski definition) is 0. The predicted octanol–water partition coefficient (Wildman–Crippen LogP) is 0.968. The lowest BCUT2D eigenvalue weighted by molar-refractivity contribution is 0.0759. The molecule has 6 nitrogen and oxygen atoms in total. The number of carbonyl (C=O) groups excluding carboxylic acids is 1. The van der Waals surface area contributed by atoms with Crippen LogP contribution in [0.4, 0.5) is 0 Å². The molecule has 1 aromatic heterocycles. The lowest BCUT2D eigenvalue weighted by Gasteiger charge is -2.21. The van der Waals surface area contributed by atoms with E-state index in [1.54, 1.807) is 33.7 Å². The number of nitrogens with zero attached hydrogens (tertiary/aromatic N) is 3. The zero-order chi connectivity index (χ0) is 15.7. The van der Waals surface area contributed by atoms with Gasteiger partial charge in [0.2, 0.25) is 10.0 Å². The van der Waals surface area contributed by atoms with Crippen molar-refractivity contribution < 1.29 is 13.2 Å². The van der Waals surface area contributed by atoms with Crippen LogP contribution >= 0.6 is 0 Å². The highest BCUT2D eigenvalue weighted by Crippen LogP contribution is 2.34. The number of likely N-dealkylation sites (tertiary alicyclic amines) is 1. The SMILES string of the molecule is CCN1C[C@@H]2CCN(C(=O)c3ccncc3)CC[C@@H]2S1(=O)=O. The fraction of sp³-hybridized carbons (Fsp3) is 0.600. The third-order valence-electron chi connectivity index (χ3n) is 4.73. The molecule has 0 spiro atoms. The van der Waals surface area contributed by atoms with Crippen LogP contribution in [0.15, 0.2) is 24.5 Å². The van der Waals surface area contributed by atoms with Crippen molar-refractivity contribution in [2.75, 3.05) is 26.2 Å². The minimum absolute atomic E-state index is 0.0351. The summed E-state index contributed by atoms with van der Waals surface area (Å²) in [5, 5.41) is -0.331. The maximum Gasteiger partial charge on any atom is 0.253 e. The first-order chi connectivity index (χ1) is 10.5. The Morgan fingerprint density at radius 3 is 2.64 bits per heavy atom. The molecule has 7 heteroatoms. The van der Waals surface area contributed by atoms with E-state index >= 15 is 0 Å². The van der Waals surface area contributed by atoms with Crippen LogP contribution in [0.3, 0.4) is 0 Å². The average molecular weight is 323 g/mol. The number of hydrogen-bond acceptors (Lipinski definition) is 4. The highest BCUT2D eigenvalue weighted by Gasteiger charge is 2.46. The maximum atomic E-state index is 12.5. The van der Waals surface area contributed by atoms with Gasteiger partial charge in [0, 0.05) is 44.1 Å². The second kappa shape index (κ2) is 5.96. The van der Waals surface area contributed by atoms with Crippen molar-refractivity contribution in [3.05, 3.63) is 30.1 Å². The van der Waals surface area contributed by atoms with Gasteiger partial charge in [-0.05, 0) is 30.9 Å². The summed E-state index contributed by atoms with van der Waals surface area (Å²) in [6.45, 7) is 4.13. The third-order valence-corrected chi connectivity index (χ3v) is 7.24. The number of carbonyl (C=O) groups is 1. The topological polar surface area (TPSA) is 70.6 Å². The number of sulfonamides is 1. The summed E-state index contributed by atoms with van der Waals surface area (Å²) in [6, 6.07) is 3.40. The quantitative estimate of drug-likeness (QED) is 0.813. The molecule has 0 N–H and O–H groups in total. The van der Waals surface area contributed by atoms with Gasteiger partial charge in [-0.25, -0.2) is 12.7 Å². The smallest absolute Gasteiger partial charge is 0.253 e. The molecule has 3 heterocycles. The Balaban J connectivity index is 1.74. The number of pyridine rings is 1. The van der Waals surface area contributed by atoms with E-state index in [9.17, 15) is 13.2 Å². The number of aromatic nitrogens is 1. The van der Waals surface area contributed by atoms with Crippen molar-refractivity contribution in [2.24, 2.45) is 5.92 Å². The Morgan fingerprint density at radius 2 is 1.95 bits per heavy atom. The molecule has 0 bridgehead atoms. The number of amides is 1. The van der Waals surface area contributed by atoms with E-state index in [0.717, 1.165) is 6.42 Å². The molecular formula is C15H21N3O3S. The standard InChI is InChI=1S/C15H21N3O3S/c1-2-18-11-13-5-9-17(10-6-14(13)22(18,20)21)15(19)12-3-7-16-8-4-12/h3-4,7-8,13-14H,2,5-6,9-11H2,1H3/t13-,14-/m0/s1. The van der Waals surface area contributed by atoms with Gasteiger partial charge in [-0.2, -0.15) is 0 Å². The van der Waals surface area contributed by atoms with E-state index in [0.29, 0.717) is 38.2 Å². The average Bonchev–Trinajstić information content (AvgIpc) is 2.68. The minimum Gasteiger partial charge on any atom is -0.339 e. The van der Waals surface area contributed by atoms with Crippen molar-refractivity contribution in [3.63, 3.8) is 0 Å². The summed E-state index contributed by atoms with van der Waals surface area (Å²) in [5.41, 5.74) is 0.611. The Bertz CT molecular complexity index is 647. The van der Waals surface area contributed by atoms with Crippen LogP contribution in [0.25, 0.3) is 0 Å². The Hall–Kier alpha value is -1.47. The van der Waals surface area contributed by atoms with Crippen LogP contribution in [0, 0.1) is 5.92 Å². The molecule has 1 amide bonds. The molecule has 0 unspecified atom stereocenters. The summed E-state index contributed by atoms with van der Waals surface area (Å²) in [6.07, 6.45) is 4.48. The van der Waals surface area contributed by atoms with E-state index in [4.69, 9.17) is 0 Å². The van der Waals surface area contributed by atoms with Crippen LogP contribution in [0.5, 0.6) is 0 Å². The van der Waals surface area contributed by atoms with E-state index in [2.05, 4.69) is 4.98 Å². The molecule has 1 aromatic rings. The summed E-state index contributed by atoms with van der Waals surface area (Å²) in [4.78, 5) is 18.2. The van der Waals surface area contributed by atoms with Gasteiger partial charge >= 0.3 is 0 Å². The van der Waals surface area contributed by atoms with Crippen molar-refractivity contribution in [2.45, 2.75) is 25.0 Å². The molecule has 2 atom stereocenters. The van der Waals surface area contributed by atoms with Crippen molar-refractivity contribution in [1.29, 1.82) is 0 Å². The third kappa shape index (κ3) is 2.63. The van der Waals surface area contributed by atoms with Gasteiger partial charge in [-0.3, -0.25) is 9.78 Å². The molecule has 0 aromatic carbocycles. The summed E-state index contributed by atoms with van der Waals surface area (Å²) >= 11 is 0. The fourth-order valence-electron chi connectivity index (χ4n) is 3.49. The second-order valence-electron chi connectivity index (χ2n) is 5.90. The van der Waals surface area contributed by atoms with E-state index < -0.39 is 10.0 Å². The van der Waals surface area contributed by atoms with Gasteiger partial charge < -0.3 is 4.90 Å². The highest BCUT2D eigenvalue weighted by atomic mass is 32.2. The predicted molar refractivity (Wildman–Crippen MR) is 82.8 cm³/mol. The molecule has 3 rings (SSSR count). The second-order valence-corrected chi connectivity index (χ2v) is 8.05. The lowest BCUT2D eigenvalue weighted by Crippen LogP contribution is -2.34. The molecule has 120 valence electrons. The monoisotopic (exact) mass is 323 g/mol. The zero-order valence-electron chi connectivity index (χ0n) is 12.7. The largest absolute Gasteiger partial charge is 0.339 e. The molecule has 0 aliphatic carbocycles. The Kier molecular flexibility index (Phi) is 4.18. The first-order valence-electron chi connectivity index (χ1n) is 7.72. The van der Waals surface area contributed by atoms with Gasteiger partial charge in [0.15, 0.2) is 0 Å². The summed E-state index contributed by atoms with van der Waals surface area (Å²) in [5.74, 6) is 0.104. The molecule has 2 aliphatic rings. The van der Waals surface area contributed by atoms with Crippen LogP contribution in [-0.2, 0) is 10.0 Å². The van der Waals surface area contributed by atoms with E-state index in [-0.39, 0.29) is 17.1 Å². The lowest BCUT2D eigenvalue weighted by atomic mass is 10.0. The highest BCUT2D eigenvalue weighted by molar-refractivity contribution is 7.90. The number of fused-ring (bicyclic) bond motifs is 1. The fourth-order valence-corrected chi connectivity index (χ4v) is 5.74. The molecular weight excluding hydrogens is 302 g/mol. The summed E-state index contributed by atoms with van der Waals surface area (Å²) in [7, 11) is -3.19. The van der Waals surface area contributed by atoms with Crippen molar-refractivity contribution >= 4 is 15.9 Å². The summed E-state index contributed by atoms with van der Waals surface area (Å²) < 4.78 is 26.5. The number of rotatable bonds is 2. The molecule has 22 heavy (non-hydrogen) atoms. The van der Waals surface area contributed by atoms with E-state index in [1.807, 2.05) is 6.92 Å². The maximum absolute atomic E-state index is 12.5. The first-order valence-corrected chi connectivity index (χ1v) is 9.22. The van der Waals surface area contributed by atoms with Crippen LogP contribution in [-0.4, -0.2) is 59.9 Å². The van der Waals surface area contributed by atoms with Crippen LogP contribution in [0.1, 0.15) is 30.1 Å². The Labute approximate surface area is 131 Å². The van der Waals surface area contributed by atoms with Gasteiger partial charge in [0.1, 0.15) is 0 Å². The van der Waals surface area contributed by atoms with Gasteiger partial charge in [-0.1, -0.05) is 6.92 Å². The van der Waals surface area contributed by atoms with Gasteiger partial charge in [0.25, 0.3) is 5.91 Å². The molecule has 2 fully saturated rings. The Morgan fingerprint density at radius 1 is 1.27 bits per heavy atom. The van der Waals surface area contributed by atoms with E-state index in [1.165, 1.54) is 0 Å². The molecule has 2 aliphatic heterocycles. The first kappa shape index (κ1) is 15.4. The van der Waals surface area contributed by atoms with Crippen molar-refractivity contribution in [3.8, 4) is 0 Å². The van der Waals surface area contributed by atoms with Gasteiger partial charge in [0.05, 0.1) is 5.25 Å².